The second-order valence-corrected chi connectivity index (χ2v) is 3.92. The Balaban J connectivity index is 2.16. The molecule has 19 heavy (non-hydrogen) atoms. The molecule has 0 bridgehead atoms. The lowest BCUT2D eigenvalue weighted by Crippen LogP contribution is -2.36. The highest BCUT2D eigenvalue weighted by Crippen LogP contribution is 2.26. The number of nitro groups is 1. The summed E-state index contributed by atoms with van der Waals surface area (Å²) >= 11 is 0. The van der Waals surface area contributed by atoms with Gasteiger partial charge in [-0.3, -0.25) is 10.1 Å². The maximum atomic E-state index is 10.8. The zero-order chi connectivity index (χ0) is 14.0. The van der Waals surface area contributed by atoms with Gasteiger partial charge in [-0.2, -0.15) is 0 Å². The Morgan fingerprint density at radius 1 is 1.47 bits per heavy atom. The molecular weight excluding hydrogens is 260 g/mol. The van der Waals surface area contributed by atoms with Gasteiger partial charge in [-0.1, -0.05) is 0 Å². The van der Waals surface area contributed by atoms with Crippen molar-refractivity contribution in [3.8, 4) is 0 Å². The van der Waals surface area contributed by atoms with E-state index in [4.69, 9.17) is 9.84 Å². The molecule has 10 heteroatoms. The summed E-state index contributed by atoms with van der Waals surface area (Å²) in [5, 5.41) is 41.4. The van der Waals surface area contributed by atoms with E-state index in [1.54, 1.807) is 0 Å². The van der Waals surface area contributed by atoms with Gasteiger partial charge in [0.15, 0.2) is 6.23 Å². The molecule has 1 fully saturated rings. The van der Waals surface area contributed by atoms with Gasteiger partial charge in [-0.15, -0.1) is 0 Å². The average Bonchev–Trinajstić information content (AvgIpc) is 2.67. The van der Waals surface area contributed by atoms with Crippen LogP contribution >= 0.6 is 0 Å². The SMILES string of the molecule is O=[N+]([O-])c1cncnc1NC1OC(CO)C(O)C1O. The van der Waals surface area contributed by atoms with Gasteiger partial charge in [0, 0.05) is 0 Å². The molecular formula is C9H12N4O6. The van der Waals surface area contributed by atoms with Gasteiger partial charge in [0.2, 0.25) is 5.82 Å². The van der Waals surface area contributed by atoms with Gasteiger partial charge < -0.3 is 25.4 Å². The smallest absolute Gasteiger partial charge is 0.329 e. The molecule has 4 N–H and O–H groups in total. The maximum Gasteiger partial charge on any atom is 0.329 e. The Kier molecular flexibility index (Phi) is 3.85. The Morgan fingerprint density at radius 3 is 2.79 bits per heavy atom. The van der Waals surface area contributed by atoms with Crippen molar-refractivity contribution in [1.82, 2.24) is 9.97 Å². The molecule has 0 spiro atoms. The van der Waals surface area contributed by atoms with E-state index in [1.807, 2.05) is 0 Å². The van der Waals surface area contributed by atoms with Gasteiger partial charge >= 0.3 is 5.69 Å². The number of anilines is 1. The van der Waals surface area contributed by atoms with Crippen molar-refractivity contribution in [2.75, 3.05) is 11.9 Å². The first-order chi connectivity index (χ1) is 9.04. The molecule has 1 aromatic rings. The summed E-state index contributed by atoms with van der Waals surface area (Å²) in [6, 6.07) is 0. The highest BCUT2D eigenvalue weighted by Gasteiger charge is 2.43. The third-order valence-corrected chi connectivity index (χ3v) is 2.71. The molecule has 0 aromatic carbocycles. The van der Waals surface area contributed by atoms with Crippen molar-refractivity contribution in [3.63, 3.8) is 0 Å². The standard InChI is InChI=1S/C9H12N4O6/c14-2-5-6(15)7(16)9(19-5)12-8-4(13(17)18)1-10-3-11-8/h1,3,5-7,9,14-16H,2H2,(H,10,11,12). The molecule has 1 saturated heterocycles. The first-order valence-corrected chi connectivity index (χ1v) is 5.38. The van der Waals surface area contributed by atoms with Crippen LogP contribution in [0, 0.1) is 10.1 Å². The first kappa shape index (κ1) is 13.5. The number of aliphatic hydroxyl groups is 3. The van der Waals surface area contributed by atoms with Crippen LogP contribution in [0.25, 0.3) is 0 Å². The van der Waals surface area contributed by atoms with Crippen LogP contribution in [0.15, 0.2) is 12.5 Å². The molecule has 0 saturated carbocycles. The van der Waals surface area contributed by atoms with E-state index < -0.39 is 36.1 Å². The Labute approximate surface area is 106 Å². The summed E-state index contributed by atoms with van der Waals surface area (Å²) in [5.41, 5.74) is -0.389. The van der Waals surface area contributed by atoms with E-state index in [-0.39, 0.29) is 11.5 Å². The van der Waals surface area contributed by atoms with E-state index in [1.165, 1.54) is 0 Å². The zero-order valence-electron chi connectivity index (χ0n) is 9.58. The molecule has 0 aliphatic carbocycles. The fourth-order valence-electron chi connectivity index (χ4n) is 1.72. The average molecular weight is 272 g/mol. The number of nitrogens with zero attached hydrogens (tertiary/aromatic N) is 3. The van der Waals surface area contributed by atoms with E-state index in [2.05, 4.69) is 15.3 Å². The van der Waals surface area contributed by atoms with E-state index >= 15 is 0 Å². The maximum absolute atomic E-state index is 10.8. The first-order valence-electron chi connectivity index (χ1n) is 5.38. The monoisotopic (exact) mass is 272 g/mol. The van der Waals surface area contributed by atoms with Crippen molar-refractivity contribution >= 4 is 11.5 Å². The van der Waals surface area contributed by atoms with Crippen molar-refractivity contribution in [2.45, 2.75) is 24.5 Å². The normalized spacial score (nSPS) is 30.3. The van der Waals surface area contributed by atoms with Crippen LogP contribution in [-0.4, -0.2) is 61.4 Å². The van der Waals surface area contributed by atoms with Crippen LogP contribution in [0.4, 0.5) is 11.5 Å². The van der Waals surface area contributed by atoms with Crippen molar-refractivity contribution in [2.24, 2.45) is 0 Å². The number of aromatic nitrogens is 2. The lowest BCUT2D eigenvalue weighted by Gasteiger charge is -2.16. The van der Waals surface area contributed by atoms with Crippen LogP contribution < -0.4 is 5.32 Å². The number of ether oxygens (including phenoxy) is 1. The Morgan fingerprint density at radius 2 is 2.21 bits per heavy atom. The van der Waals surface area contributed by atoms with E-state index in [9.17, 15) is 20.3 Å². The minimum Gasteiger partial charge on any atom is -0.394 e. The predicted octanol–water partition coefficient (Wildman–Crippen LogP) is -1.76. The highest BCUT2D eigenvalue weighted by atomic mass is 16.6. The third kappa shape index (κ3) is 2.61. The summed E-state index contributed by atoms with van der Waals surface area (Å²) in [6.07, 6.45) is -2.61. The lowest BCUT2D eigenvalue weighted by molar-refractivity contribution is -0.384. The van der Waals surface area contributed by atoms with Gasteiger partial charge in [0.25, 0.3) is 0 Å². The molecule has 4 unspecified atom stereocenters. The number of aliphatic hydroxyl groups excluding tert-OH is 3. The number of nitrogens with one attached hydrogen (secondary N) is 1. The van der Waals surface area contributed by atoms with Crippen LogP contribution in [0.2, 0.25) is 0 Å². The minimum absolute atomic E-state index is 0.144. The molecule has 1 aliphatic rings. The Hall–Kier alpha value is -1.88. The van der Waals surface area contributed by atoms with Crippen molar-refractivity contribution < 1.29 is 25.0 Å². The van der Waals surface area contributed by atoms with Crippen molar-refractivity contribution in [1.29, 1.82) is 0 Å². The predicted molar refractivity (Wildman–Crippen MR) is 60.1 cm³/mol. The van der Waals surface area contributed by atoms with Gasteiger partial charge in [0.1, 0.15) is 30.8 Å². The van der Waals surface area contributed by atoms with Crippen LogP contribution in [0.3, 0.4) is 0 Å². The summed E-state index contributed by atoms with van der Waals surface area (Å²) < 4.78 is 5.13. The largest absolute Gasteiger partial charge is 0.394 e. The molecule has 2 heterocycles. The van der Waals surface area contributed by atoms with Gasteiger partial charge in [-0.25, -0.2) is 9.97 Å². The van der Waals surface area contributed by atoms with Gasteiger partial charge in [0.05, 0.1) is 11.5 Å². The van der Waals surface area contributed by atoms with E-state index in [0.717, 1.165) is 12.5 Å². The second-order valence-electron chi connectivity index (χ2n) is 3.92. The molecule has 2 rings (SSSR count). The van der Waals surface area contributed by atoms with E-state index in [0.29, 0.717) is 0 Å². The highest BCUT2D eigenvalue weighted by molar-refractivity contribution is 5.54. The van der Waals surface area contributed by atoms with Gasteiger partial charge in [-0.05, 0) is 0 Å². The zero-order valence-corrected chi connectivity index (χ0v) is 9.58. The molecule has 104 valence electrons. The molecule has 0 radical (unpaired) electrons. The number of rotatable bonds is 4. The summed E-state index contributed by atoms with van der Waals surface area (Å²) in [4.78, 5) is 17.3. The molecule has 4 atom stereocenters. The molecule has 0 amide bonds. The molecule has 10 nitrogen and oxygen atoms in total. The van der Waals surface area contributed by atoms with Crippen molar-refractivity contribution in [3.05, 3.63) is 22.6 Å². The minimum atomic E-state index is -1.34. The quantitative estimate of drug-likeness (QED) is 0.369. The topological polar surface area (TPSA) is 151 Å². The van der Waals surface area contributed by atoms with Crippen LogP contribution in [0.1, 0.15) is 0 Å². The fraction of sp³-hybridized carbons (Fsp3) is 0.556. The fourth-order valence-corrected chi connectivity index (χ4v) is 1.72. The summed E-state index contributed by atoms with van der Waals surface area (Å²) in [6.45, 7) is -0.484. The number of hydrogen-bond acceptors (Lipinski definition) is 9. The lowest BCUT2D eigenvalue weighted by atomic mass is 10.1. The summed E-state index contributed by atoms with van der Waals surface area (Å²) in [5.74, 6) is -0.144. The number of hydrogen-bond donors (Lipinski definition) is 4. The molecule has 1 aliphatic heterocycles. The van der Waals surface area contributed by atoms with Crippen LogP contribution in [0.5, 0.6) is 0 Å². The van der Waals surface area contributed by atoms with Crippen LogP contribution in [-0.2, 0) is 4.74 Å². The Bertz CT molecular complexity index is 472. The summed E-state index contributed by atoms with van der Waals surface area (Å²) in [7, 11) is 0. The molecule has 1 aromatic heterocycles. The second kappa shape index (κ2) is 5.40. The third-order valence-electron chi connectivity index (χ3n) is 2.71.